The number of sulfonamides is 1. The minimum Gasteiger partial charge on any atom is -0.493 e. The van der Waals surface area contributed by atoms with Gasteiger partial charge in [-0.15, -0.1) is 0 Å². The fourth-order valence-electron chi connectivity index (χ4n) is 3.06. The van der Waals surface area contributed by atoms with Crippen LogP contribution in [0.15, 0.2) is 71.6 Å². The van der Waals surface area contributed by atoms with E-state index in [-0.39, 0.29) is 17.4 Å². The van der Waals surface area contributed by atoms with Crippen LogP contribution < -0.4 is 19.5 Å². The lowest BCUT2D eigenvalue weighted by atomic mass is 10.2. The Hall–Kier alpha value is -3.52. The minimum absolute atomic E-state index is 0.231. The number of benzene rings is 3. The molecule has 3 aromatic carbocycles. The van der Waals surface area contributed by atoms with Crippen LogP contribution in [0.4, 0.5) is 5.69 Å². The Kier molecular flexibility index (Phi) is 7.37. The number of carbonyl (C=O) groups excluding carboxylic acids is 1. The second kappa shape index (κ2) is 10.2. The van der Waals surface area contributed by atoms with E-state index in [1.54, 1.807) is 62.6 Å². The van der Waals surface area contributed by atoms with E-state index in [1.807, 2.05) is 25.1 Å². The number of hydrogen-bond acceptors (Lipinski definition) is 5. The first kappa shape index (κ1) is 23.1. The highest BCUT2D eigenvalue weighted by Crippen LogP contribution is 2.25. The number of rotatable bonds is 9. The molecule has 0 bridgehead atoms. The molecule has 0 aromatic heterocycles. The van der Waals surface area contributed by atoms with Crippen LogP contribution in [0.25, 0.3) is 0 Å². The average Bonchev–Trinajstić information content (AvgIpc) is 2.78. The predicted octanol–water partition coefficient (Wildman–Crippen LogP) is 3.92. The number of aryl methyl sites for hydroxylation is 2. The highest BCUT2D eigenvalue weighted by Gasteiger charge is 2.17. The van der Waals surface area contributed by atoms with Crippen LogP contribution in [0.5, 0.6) is 11.5 Å². The summed E-state index contributed by atoms with van der Waals surface area (Å²) in [4.78, 5) is 12.6. The van der Waals surface area contributed by atoms with Crippen molar-refractivity contribution in [1.29, 1.82) is 0 Å². The molecule has 1 amide bonds. The van der Waals surface area contributed by atoms with Crippen molar-refractivity contribution >= 4 is 21.6 Å². The standard InChI is InChI=1S/C24H26N2O5S/c1-17-8-9-18(2)23(16-17)32(28,29)26-20-12-10-19(11-13-20)24(27)25-14-15-31-22-7-5-4-6-21(22)30-3/h4-13,16,26H,14-15H2,1-3H3,(H,25,27). The van der Waals surface area contributed by atoms with Crippen LogP contribution in [0.1, 0.15) is 21.5 Å². The maximum atomic E-state index is 12.7. The summed E-state index contributed by atoms with van der Waals surface area (Å²) in [6.45, 7) is 4.17. The number of hydrogen-bond donors (Lipinski definition) is 2. The minimum atomic E-state index is -3.73. The largest absolute Gasteiger partial charge is 0.493 e. The number of nitrogens with one attached hydrogen (secondary N) is 2. The van der Waals surface area contributed by atoms with E-state index in [9.17, 15) is 13.2 Å². The van der Waals surface area contributed by atoms with E-state index >= 15 is 0 Å². The summed E-state index contributed by atoms with van der Waals surface area (Å²) in [6.07, 6.45) is 0. The molecule has 0 aliphatic carbocycles. The molecule has 0 atom stereocenters. The molecule has 0 radical (unpaired) electrons. The number of ether oxygens (including phenoxy) is 2. The SMILES string of the molecule is COc1ccccc1OCCNC(=O)c1ccc(NS(=O)(=O)c2cc(C)ccc2C)cc1. The van der Waals surface area contributed by atoms with Gasteiger partial charge in [0.15, 0.2) is 11.5 Å². The first-order chi connectivity index (χ1) is 15.3. The van der Waals surface area contributed by atoms with Crippen molar-refractivity contribution < 1.29 is 22.7 Å². The van der Waals surface area contributed by atoms with Gasteiger partial charge in [0.05, 0.1) is 18.6 Å². The molecule has 0 aliphatic heterocycles. The van der Waals surface area contributed by atoms with Gasteiger partial charge in [-0.2, -0.15) is 0 Å². The molecule has 0 unspecified atom stereocenters. The molecule has 0 aliphatic rings. The quantitative estimate of drug-likeness (QED) is 0.478. The molecular formula is C24H26N2O5S. The van der Waals surface area contributed by atoms with Crippen LogP contribution in [0.2, 0.25) is 0 Å². The topological polar surface area (TPSA) is 93.7 Å². The van der Waals surface area contributed by atoms with Gasteiger partial charge in [0.25, 0.3) is 15.9 Å². The number of methoxy groups -OCH3 is 1. The highest BCUT2D eigenvalue weighted by molar-refractivity contribution is 7.92. The van der Waals surface area contributed by atoms with Crippen molar-refractivity contribution in [3.8, 4) is 11.5 Å². The van der Waals surface area contributed by atoms with Gasteiger partial charge in [0.1, 0.15) is 6.61 Å². The van der Waals surface area contributed by atoms with Gasteiger partial charge >= 0.3 is 0 Å². The Labute approximate surface area is 188 Å². The van der Waals surface area contributed by atoms with Crippen molar-refractivity contribution in [2.45, 2.75) is 18.7 Å². The predicted molar refractivity (Wildman–Crippen MR) is 124 cm³/mol. The van der Waals surface area contributed by atoms with Crippen LogP contribution in [-0.2, 0) is 10.0 Å². The van der Waals surface area contributed by atoms with Crippen molar-refractivity contribution in [2.75, 3.05) is 25.0 Å². The number of amides is 1. The number of carbonyl (C=O) groups is 1. The summed E-state index contributed by atoms with van der Waals surface area (Å²) in [5, 5.41) is 2.77. The number of para-hydroxylation sites is 2. The fraction of sp³-hybridized carbons (Fsp3) is 0.208. The maximum Gasteiger partial charge on any atom is 0.262 e. The van der Waals surface area contributed by atoms with Crippen molar-refractivity contribution in [3.05, 3.63) is 83.4 Å². The third kappa shape index (κ3) is 5.79. The Morgan fingerprint density at radius 1 is 0.938 bits per heavy atom. The molecule has 0 saturated heterocycles. The summed E-state index contributed by atoms with van der Waals surface area (Å²) in [6, 6.07) is 18.8. The lowest BCUT2D eigenvalue weighted by Gasteiger charge is -2.12. The summed E-state index contributed by atoms with van der Waals surface area (Å²) < 4.78 is 38.8. The number of anilines is 1. The van der Waals surface area contributed by atoms with Crippen molar-refractivity contribution in [1.82, 2.24) is 5.32 Å². The fourth-order valence-corrected chi connectivity index (χ4v) is 4.45. The molecule has 2 N–H and O–H groups in total. The first-order valence-electron chi connectivity index (χ1n) is 10.0. The van der Waals surface area contributed by atoms with E-state index in [1.165, 1.54) is 0 Å². The molecule has 3 aromatic rings. The molecule has 0 fully saturated rings. The van der Waals surface area contributed by atoms with Gasteiger partial charge in [-0.3, -0.25) is 9.52 Å². The molecule has 32 heavy (non-hydrogen) atoms. The van der Waals surface area contributed by atoms with Crippen molar-refractivity contribution in [2.24, 2.45) is 0 Å². The zero-order valence-corrected chi connectivity index (χ0v) is 19.0. The van der Waals surface area contributed by atoms with Gasteiger partial charge in [-0.05, 0) is 67.4 Å². The van der Waals surface area contributed by atoms with E-state index in [2.05, 4.69) is 10.0 Å². The van der Waals surface area contributed by atoms with E-state index in [4.69, 9.17) is 9.47 Å². The second-order valence-corrected chi connectivity index (χ2v) is 8.86. The smallest absolute Gasteiger partial charge is 0.262 e. The first-order valence-corrected chi connectivity index (χ1v) is 11.5. The van der Waals surface area contributed by atoms with Crippen molar-refractivity contribution in [3.63, 3.8) is 0 Å². The lowest BCUT2D eigenvalue weighted by molar-refractivity contribution is 0.0947. The highest BCUT2D eigenvalue weighted by atomic mass is 32.2. The molecule has 0 heterocycles. The summed E-state index contributed by atoms with van der Waals surface area (Å²) >= 11 is 0. The molecule has 0 spiro atoms. The average molecular weight is 455 g/mol. The molecule has 8 heteroatoms. The Bertz CT molecular complexity index is 1190. The Balaban J connectivity index is 1.55. The summed E-state index contributed by atoms with van der Waals surface area (Å²) in [7, 11) is -2.16. The summed E-state index contributed by atoms with van der Waals surface area (Å²) in [5.41, 5.74) is 2.31. The third-order valence-corrected chi connectivity index (χ3v) is 6.27. The Morgan fingerprint density at radius 2 is 1.62 bits per heavy atom. The van der Waals surface area contributed by atoms with Gasteiger partial charge in [0, 0.05) is 11.3 Å². The lowest BCUT2D eigenvalue weighted by Crippen LogP contribution is -2.28. The normalized spacial score (nSPS) is 11.0. The Morgan fingerprint density at radius 3 is 2.31 bits per heavy atom. The molecule has 3 rings (SSSR count). The van der Waals surface area contributed by atoms with Gasteiger partial charge < -0.3 is 14.8 Å². The maximum absolute atomic E-state index is 12.7. The van der Waals surface area contributed by atoms with Gasteiger partial charge in [0.2, 0.25) is 0 Å². The van der Waals surface area contributed by atoms with Crippen LogP contribution in [0.3, 0.4) is 0 Å². The monoisotopic (exact) mass is 454 g/mol. The van der Waals surface area contributed by atoms with Gasteiger partial charge in [-0.25, -0.2) is 8.42 Å². The molecule has 0 saturated carbocycles. The molecule has 7 nitrogen and oxygen atoms in total. The molecular weight excluding hydrogens is 428 g/mol. The van der Waals surface area contributed by atoms with Crippen LogP contribution >= 0.6 is 0 Å². The van der Waals surface area contributed by atoms with Crippen LogP contribution in [-0.4, -0.2) is 34.6 Å². The third-order valence-electron chi connectivity index (χ3n) is 4.75. The zero-order valence-electron chi connectivity index (χ0n) is 18.2. The summed E-state index contributed by atoms with van der Waals surface area (Å²) in [5.74, 6) is 0.944. The van der Waals surface area contributed by atoms with Crippen LogP contribution in [0, 0.1) is 13.8 Å². The van der Waals surface area contributed by atoms with Gasteiger partial charge in [-0.1, -0.05) is 24.3 Å². The molecule has 168 valence electrons. The van der Waals surface area contributed by atoms with E-state index < -0.39 is 10.0 Å². The zero-order chi connectivity index (χ0) is 23.1. The van der Waals surface area contributed by atoms with E-state index in [0.29, 0.717) is 34.9 Å². The van der Waals surface area contributed by atoms with E-state index in [0.717, 1.165) is 5.56 Å². The second-order valence-electron chi connectivity index (χ2n) is 7.21.